The lowest BCUT2D eigenvalue weighted by atomic mass is 10.0. The van der Waals surface area contributed by atoms with Gasteiger partial charge in [-0.2, -0.15) is 5.10 Å². The summed E-state index contributed by atoms with van der Waals surface area (Å²) in [4.78, 5) is 7.51. The van der Waals surface area contributed by atoms with Crippen LogP contribution in [0.1, 0.15) is 59.6 Å². The molecule has 1 unspecified atom stereocenters. The molecule has 1 atom stereocenters. The summed E-state index contributed by atoms with van der Waals surface area (Å²) in [6.45, 7) is 9.40. The van der Waals surface area contributed by atoms with Crippen molar-refractivity contribution < 1.29 is 4.74 Å². The van der Waals surface area contributed by atoms with E-state index >= 15 is 0 Å². The molecule has 3 aromatic rings. The Balaban J connectivity index is 1.55. The molecule has 1 fully saturated rings. The van der Waals surface area contributed by atoms with Gasteiger partial charge in [-0.05, 0) is 82.0 Å². The molecule has 0 amide bonds. The fourth-order valence-corrected chi connectivity index (χ4v) is 4.59. The highest BCUT2D eigenvalue weighted by Crippen LogP contribution is 2.33. The van der Waals surface area contributed by atoms with Crippen LogP contribution in [-0.2, 0) is 19.5 Å². The zero-order valence-corrected chi connectivity index (χ0v) is 18.6. The van der Waals surface area contributed by atoms with E-state index in [0.717, 1.165) is 43.9 Å². The molecule has 30 heavy (non-hydrogen) atoms. The summed E-state index contributed by atoms with van der Waals surface area (Å²) < 4.78 is 7.47. The van der Waals surface area contributed by atoms with E-state index in [0.29, 0.717) is 6.04 Å². The molecular weight excluding hydrogens is 372 g/mol. The number of likely N-dealkylation sites (tertiary alicyclic amines) is 1. The summed E-state index contributed by atoms with van der Waals surface area (Å²) in [5, 5.41) is 4.53. The molecule has 3 heterocycles. The molecule has 0 aliphatic carbocycles. The van der Waals surface area contributed by atoms with E-state index < -0.39 is 0 Å². The maximum atomic E-state index is 5.39. The highest BCUT2D eigenvalue weighted by Gasteiger charge is 2.28. The number of ether oxygens (including phenoxy) is 1. The normalized spacial score (nSPS) is 16.9. The van der Waals surface area contributed by atoms with Crippen molar-refractivity contribution in [2.75, 3.05) is 13.7 Å². The number of rotatable bonds is 7. The molecule has 158 valence electrons. The molecule has 0 saturated carbocycles. The Kier molecular flexibility index (Phi) is 6.18. The van der Waals surface area contributed by atoms with Crippen LogP contribution in [0.4, 0.5) is 0 Å². The van der Waals surface area contributed by atoms with Crippen LogP contribution in [0.2, 0.25) is 0 Å². The van der Waals surface area contributed by atoms with Gasteiger partial charge < -0.3 is 4.74 Å². The van der Waals surface area contributed by atoms with Crippen molar-refractivity contribution in [3.63, 3.8) is 0 Å². The van der Waals surface area contributed by atoms with E-state index in [1.165, 1.54) is 34.5 Å². The minimum absolute atomic E-state index is 0.373. The molecule has 1 aliphatic rings. The molecule has 1 aromatic carbocycles. The van der Waals surface area contributed by atoms with Crippen molar-refractivity contribution in [2.45, 2.75) is 59.2 Å². The van der Waals surface area contributed by atoms with E-state index in [2.05, 4.69) is 65.8 Å². The maximum absolute atomic E-state index is 5.39. The van der Waals surface area contributed by atoms with Crippen molar-refractivity contribution in [1.29, 1.82) is 0 Å². The molecule has 1 saturated heterocycles. The predicted molar refractivity (Wildman–Crippen MR) is 120 cm³/mol. The monoisotopic (exact) mass is 404 g/mol. The van der Waals surface area contributed by atoms with Crippen molar-refractivity contribution in [3.05, 3.63) is 76.4 Å². The second-order valence-electron chi connectivity index (χ2n) is 8.27. The van der Waals surface area contributed by atoms with Crippen LogP contribution in [0, 0.1) is 13.8 Å². The third kappa shape index (κ3) is 4.41. The number of hydrogen-bond acceptors (Lipinski definition) is 4. The van der Waals surface area contributed by atoms with Gasteiger partial charge in [0.25, 0.3) is 0 Å². The van der Waals surface area contributed by atoms with Gasteiger partial charge in [0.1, 0.15) is 5.75 Å². The van der Waals surface area contributed by atoms with Crippen LogP contribution >= 0.6 is 0 Å². The van der Waals surface area contributed by atoms with Crippen LogP contribution in [0.15, 0.2) is 42.6 Å². The molecule has 5 heteroatoms. The van der Waals surface area contributed by atoms with Crippen LogP contribution in [0.3, 0.4) is 0 Å². The molecule has 1 aliphatic heterocycles. The van der Waals surface area contributed by atoms with Crippen molar-refractivity contribution in [2.24, 2.45) is 0 Å². The summed E-state index contributed by atoms with van der Waals surface area (Å²) >= 11 is 0. The molecule has 0 spiro atoms. The average molecular weight is 405 g/mol. The molecule has 0 radical (unpaired) electrons. The Morgan fingerprint density at radius 2 is 2.00 bits per heavy atom. The van der Waals surface area contributed by atoms with E-state index in [1.807, 2.05) is 12.3 Å². The highest BCUT2D eigenvalue weighted by atomic mass is 16.5. The first kappa shape index (κ1) is 20.6. The second kappa shape index (κ2) is 9.00. The van der Waals surface area contributed by atoms with Crippen molar-refractivity contribution in [3.8, 4) is 5.75 Å². The summed E-state index contributed by atoms with van der Waals surface area (Å²) in [6, 6.07) is 13.2. The Morgan fingerprint density at radius 3 is 2.77 bits per heavy atom. The largest absolute Gasteiger partial charge is 0.497 e. The van der Waals surface area contributed by atoms with Gasteiger partial charge in [-0.3, -0.25) is 14.6 Å². The van der Waals surface area contributed by atoms with E-state index in [4.69, 9.17) is 9.72 Å². The van der Waals surface area contributed by atoms with Gasteiger partial charge in [-0.1, -0.05) is 12.1 Å². The van der Waals surface area contributed by atoms with Crippen LogP contribution in [0.5, 0.6) is 5.75 Å². The number of aryl methyl sites for hydroxylation is 2. The third-order valence-electron chi connectivity index (χ3n) is 6.16. The van der Waals surface area contributed by atoms with Crippen LogP contribution in [0.25, 0.3) is 0 Å². The number of benzene rings is 1. The number of methoxy groups -OCH3 is 1. The van der Waals surface area contributed by atoms with Crippen molar-refractivity contribution in [1.82, 2.24) is 19.7 Å². The first-order valence-corrected chi connectivity index (χ1v) is 10.9. The fraction of sp³-hybridized carbons (Fsp3) is 0.440. The van der Waals surface area contributed by atoms with E-state index in [9.17, 15) is 0 Å². The molecule has 0 N–H and O–H groups in total. The van der Waals surface area contributed by atoms with Gasteiger partial charge in [0.15, 0.2) is 0 Å². The topological polar surface area (TPSA) is 43.2 Å². The fourth-order valence-electron chi connectivity index (χ4n) is 4.59. The molecular formula is C25H32N4O. The first-order chi connectivity index (χ1) is 14.6. The number of pyridine rings is 1. The molecule has 2 aromatic heterocycles. The first-order valence-electron chi connectivity index (χ1n) is 10.9. The minimum atomic E-state index is 0.373. The predicted octanol–water partition coefficient (Wildman–Crippen LogP) is 4.85. The lowest BCUT2D eigenvalue weighted by Gasteiger charge is -2.24. The zero-order valence-electron chi connectivity index (χ0n) is 18.6. The lowest BCUT2D eigenvalue weighted by Crippen LogP contribution is -2.24. The van der Waals surface area contributed by atoms with Gasteiger partial charge in [0.2, 0.25) is 0 Å². The van der Waals surface area contributed by atoms with E-state index in [-0.39, 0.29) is 0 Å². The van der Waals surface area contributed by atoms with Gasteiger partial charge >= 0.3 is 0 Å². The standard InChI is InChI=1S/C25H32N4O/c1-5-29-19(3)22(16-26-29)17-28-11-7-10-25(28)24-15-21(12-18(2)27-24)13-20-8-6-9-23(14-20)30-4/h6,8-9,12,14-16,25H,5,7,10-11,13,17H2,1-4H3. The van der Waals surface area contributed by atoms with Gasteiger partial charge in [-0.15, -0.1) is 0 Å². The summed E-state index contributed by atoms with van der Waals surface area (Å²) in [5.74, 6) is 0.906. The van der Waals surface area contributed by atoms with Gasteiger partial charge in [0, 0.05) is 30.0 Å². The number of aromatic nitrogens is 3. The van der Waals surface area contributed by atoms with Crippen molar-refractivity contribution >= 4 is 0 Å². The molecule has 5 nitrogen and oxygen atoms in total. The average Bonchev–Trinajstić information content (AvgIpc) is 3.35. The quantitative estimate of drug-likeness (QED) is 0.564. The highest BCUT2D eigenvalue weighted by molar-refractivity contribution is 5.34. The van der Waals surface area contributed by atoms with Gasteiger partial charge in [0.05, 0.1) is 25.0 Å². The lowest BCUT2D eigenvalue weighted by molar-refractivity contribution is 0.243. The third-order valence-corrected chi connectivity index (χ3v) is 6.16. The number of hydrogen-bond donors (Lipinski definition) is 0. The molecule has 0 bridgehead atoms. The van der Waals surface area contributed by atoms with Crippen LogP contribution < -0.4 is 4.74 Å². The number of nitrogens with zero attached hydrogens (tertiary/aromatic N) is 4. The SMILES string of the molecule is CCn1ncc(CN2CCCC2c2cc(Cc3cccc(OC)c3)cc(C)n2)c1C. The zero-order chi connectivity index (χ0) is 21.1. The Bertz CT molecular complexity index is 1010. The maximum Gasteiger partial charge on any atom is 0.119 e. The summed E-state index contributed by atoms with van der Waals surface area (Å²) in [7, 11) is 1.72. The molecule has 4 rings (SSSR count). The van der Waals surface area contributed by atoms with E-state index in [1.54, 1.807) is 7.11 Å². The summed E-state index contributed by atoms with van der Waals surface area (Å²) in [6.07, 6.45) is 5.30. The second-order valence-corrected chi connectivity index (χ2v) is 8.27. The Morgan fingerprint density at radius 1 is 1.13 bits per heavy atom. The van der Waals surface area contributed by atoms with Crippen LogP contribution in [-0.4, -0.2) is 33.3 Å². The minimum Gasteiger partial charge on any atom is -0.497 e. The Hall–Kier alpha value is -2.66. The Labute approximate surface area is 179 Å². The smallest absolute Gasteiger partial charge is 0.119 e. The summed E-state index contributed by atoms with van der Waals surface area (Å²) in [5.41, 5.74) is 7.47. The van der Waals surface area contributed by atoms with Gasteiger partial charge in [-0.25, -0.2) is 0 Å².